The summed E-state index contributed by atoms with van der Waals surface area (Å²) in [5, 5.41) is 9.40. The average molecular weight is 377 g/mol. The van der Waals surface area contributed by atoms with Crippen molar-refractivity contribution in [3.8, 4) is 17.6 Å². The van der Waals surface area contributed by atoms with Crippen molar-refractivity contribution in [1.29, 1.82) is 5.26 Å². The minimum absolute atomic E-state index is 0.197. The molecule has 0 atom stereocenters. The highest BCUT2D eigenvalue weighted by Gasteiger charge is 2.32. The number of anilines is 1. The molecule has 2 aliphatic rings. The van der Waals surface area contributed by atoms with Gasteiger partial charge in [-0.05, 0) is 42.8 Å². The summed E-state index contributed by atoms with van der Waals surface area (Å²) in [4.78, 5) is 19.0. The molecule has 0 unspecified atom stereocenters. The van der Waals surface area contributed by atoms with E-state index in [0.29, 0.717) is 22.4 Å². The number of thioether (sulfide) groups is 1. The molecule has 7 heteroatoms. The number of ether oxygens (including phenoxy) is 2. The number of fused-ring (bicyclic) bond motifs is 1. The van der Waals surface area contributed by atoms with Crippen LogP contribution in [0.4, 0.5) is 5.69 Å². The summed E-state index contributed by atoms with van der Waals surface area (Å²) < 4.78 is 10.7. The Kier molecular flexibility index (Phi) is 4.57. The maximum absolute atomic E-state index is 13.0. The molecule has 27 heavy (non-hydrogen) atoms. The number of carbonyl (C=O) groups excluding carboxylic acids is 1. The molecule has 0 fully saturated rings. The summed E-state index contributed by atoms with van der Waals surface area (Å²) in [5.74, 6) is 1.32. The molecule has 0 saturated carbocycles. The summed E-state index contributed by atoms with van der Waals surface area (Å²) in [6, 6.07) is 15.2. The Bertz CT molecular complexity index is 1010. The topological polar surface area (TPSA) is 74.9 Å². The van der Waals surface area contributed by atoms with Crippen LogP contribution >= 0.6 is 11.8 Å². The smallest absolute Gasteiger partial charge is 0.283 e. The zero-order valence-corrected chi connectivity index (χ0v) is 15.3. The molecule has 0 N–H and O–H groups in total. The van der Waals surface area contributed by atoms with Gasteiger partial charge in [-0.3, -0.25) is 9.69 Å². The van der Waals surface area contributed by atoms with Crippen molar-refractivity contribution in [2.45, 2.75) is 6.92 Å². The van der Waals surface area contributed by atoms with Crippen LogP contribution in [-0.2, 0) is 4.79 Å². The van der Waals surface area contributed by atoms with Gasteiger partial charge in [-0.15, -0.1) is 0 Å². The Morgan fingerprint density at radius 2 is 2.00 bits per heavy atom. The zero-order chi connectivity index (χ0) is 18.8. The van der Waals surface area contributed by atoms with E-state index >= 15 is 0 Å². The van der Waals surface area contributed by atoms with Crippen molar-refractivity contribution in [2.75, 3.05) is 17.4 Å². The van der Waals surface area contributed by atoms with Crippen LogP contribution in [0, 0.1) is 18.3 Å². The first-order valence-electron chi connectivity index (χ1n) is 8.26. The first kappa shape index (κ1) is 17.2. The van der Waals surface area contributed by atoms with Crippen LogP contribution in [0.2, 0.25) is 0 Å². The van der Waals surface area contributed by atoms with Gasteiger partial charge in [0.1, 0.15) is 5.70 Å². The Morgan fingerprint density at radius 3 is 2.78 bits per heavy atom. The minimum Gasteiger partial charge on any atom is -0.454 e. The van der Waals surface area contributed by atoms with Gasteiger partial charge in [-0.25, -0.2) is 4.99 Å². The molecule has 2 aliphatic heterocycles. The van der Waals surface area contributed by atoms with Gasteiger partial charge in [0.15, 0.2) is 16.7 Å². The Hall–Kier alpha value is -3.24. The summed E-state index contributed by atoms with van der Waals surface area (Å²) in [7, 11) is 0. The third-order valence-electron chi connectivity index (χ3n) is 4.09. The lowest BCUT2D eigenvalue weighted by atomic mass is 10.1. The van der Waals surface area contributed by atoms with Crippen LogP contribution in [-0.4, -0.2) is 23.6 Å². The second-order valence-corrected chi connectivity index (χ2v) is 6.90. The first-order valence-corrected chi connectivity index (χ1v) is 9.25. The zero-order valence-electron chi connectivity index (χ0n) is 14.5. The van der Waals surface area contributed by atoms with E-state index in [9.17, 15) is 4.79 Å². The molecule has 134 valence electrons. The fourth-order valence-electron chi connectivity index (χ4n) is 2.77. The number of carbonyl (C=O) groups is 1. The molecule has 2 aromatic rings. The third-order valence-corrected chi connectivity index (χ3v) is 4.89. The minimum atomic E-state index is -0.225. The lowest BCUT2D eigenvalue weighted by Gasteiger charge is -2.17. The Morgan fingerprint density at radius 1 is 1.22 bits per heavy atom. The predicted molar refractivity (Wildman–Crippen MR) is 105 cm³/mol. The second-order valence-electron chi connectivity index (χ2n) is 5.96. The van der Waals surface area contributed by atoms with Gasteiger partial charge < -0.3 is 9.47 Å². The number of aryl methyl sites for hydroxylation is 1. The molecule has 0 aliphatic carbocycles. The highest BCUT2D eigenvalue weighted by atomic mass is 32.2. The van der Waals surface area contributed by atoms with Gasteiger partial charge in [0, 0.05) is 0 Å². The lowest BCUT2D eigenvalue weighted by Crippen LogP contribution is -2.30. The quantitative estimate of drug-likeness (QED) is 0.762. The molecule has 6 nitrogen and oxygen atoms in total. The molecule has 2 aromatic carbocycles. The van der Waals surface area contributed by atoms with Gasteiger partial charge in [-0.1, -0.05) is 35.5 Å². The number of hydrogen-bond donors (Lipinski definition) is 0. The van der Waals surface area contributed by atoms with Crippen molar-refractivity contribution in [1.82, 2.24) is 0 Å². The normalized spacial score (nSPS) is 16.6. The van der Waals surface area contributed by atoms with Gasteiger partial charge in [0.2, 0.25) is 6.79 Å². The molecule has 0 saturated heterocycles. The maximum atomic E-state index is 13.0. The van der Waals surface area contributed by atoms with Crippen LogP contribution in [0.25, 0.3) is 6.08 Å². The van der Waals surface area contributed by atoms with Crippen molar-refractivity contribution in [3.63, 3.8) is 0 Å². The monoisotopic (exact) mass is 377 g/mol. The lowest BCUT2D eigenvalue weighted by molar-refractivity contribution is -0.113. The van der Waals surface area contributed by atoms with Crippen molar-refractivity contribution in [2.24, 2.45) is 4.99 Å². The fourth-order valence-corrected chi connectivity index (χ4v) is 3.45. The van der Waals surface area contributed by atoms with Crippen molar-refractivity contribution >= 4 is 34.6 Å². The standard InChI is InChI=1S/C20H15N3O3S/c1-13-2-5-15(6-3-13)23-19(24)16(22-20(23)27-9-8-21)10-14-4-7-17-18(11-14)26-12-25-17/h2-7,10-11H,9,12H2,1H3/b16-10-. The van der Waals surface area contributed by atoms with Crippen molar-refractivity contribution in [3.05, 3.63) is 59.3 Å². The number of rotatable bonds is 3. The number of amides is 1. The third kappa shape index (κ3) is 3.39. The number of benzene rings is 2. The fraction of sp³-hybridized carbons (Fsp3) is 0.150. The van der Waals surface area contributed by atoms with Gasteiger partial charge in [0.05, 0.1) is 17.5 Å². The molecule has 0 bridgehead atoms. The summed E-state index contributed by atoms with van der Waals surface area (Å²) in [5.41, 5.74) is 2.94. The summed E-state index contributed by atoms with van der Waals surface area (Å²) >= 11 is 1.24. The molecular weight excluding hydrogens is 362 g/mol. The largest absolute Gasteiger partial charge is 0.454 e. The van der Waals surface area contributed by atoms with Crippen LogP contribution < -0.4 is 14.4 Å². The number of aliphatic imine (C=N–C) groups is 1. The van der Waals surface area contributed by atoms with Gasteiger partial charge in [-0.2, -0.15) is 5.26 Å². The van der Waals surface area contributed by atoms with Gasteiger partial charge in [0.25, 0.3) is 5.91 Å². The molecule has 0 spiro atoms. The van der Waals surface area contributed by atoms with E-state index in [1.807, 2.05) is 43.3 Å². The number of amidine groups is 1. The van der Waals surface area contributed by atoms with E-state index in [-0.39, 0.29) is 18.5 Å². The molecule has 4 rings (SSSR count). The molecule has 1 amide bonds. The highest BCUT2D eigenvalue weighted by molar-refractivity contribution is 8.14. The highest BCUT2D eigenvalue weighted by Crippen LogP contribution is 2.34. The van der Waals surface area contributed by atoms with Crippen LogP contribution in [0.3, 0.4) is 0 Å². The molecule has 2 heterocycles. The second kappa shape index (κ2) is 7.17. The SMILES string of the molecule is Cc1ccc(N2C(=O)/C(=C/c3ccc4c(c3)OCO4)N=C2SCC#N)cc1. The van der Waals surface area contributed by atoms with E-state index in [1.165, 1.54) is 11.8 Å². The van der Waals surface area contributed by atoms with E-state index in [2.05, 4.69) is 11.1 Å². The van der Waals surface area contributed by atoms with Gasteiger partial charge >= 0.3 is 0 Å². The van der Waals surface area contributed by atoms with E-state index in [1.54, 1.807) is 17.0 Å². The van der Waals surface area contributed by atoms with Crippen LogP contribution in [0.5, 0.6) is 11.5 Å². The number of hydrogen-bond acceptors (Lipinski definition) is 6. The molecule has 0 radical (unpaired) electrons. The van der Waals surface area contributed by atoms with E-state index in [0.717, 1.165) is 16.8 Å². The number of nitrogens with zero attached hydrogens (tertiary/aromatic N) is 3. The van der Waals surface area contributed by atoms with Crippen LogP contribution in [0.15, 0.2) is 53.2 Å². The Labute approximate surface area is 160 Å². The van der Waals surface area contributed by atoms with Crippen LogP contribution in [0.1, 0.15) is 11.1 Å². The van der Waals surface area contributed by atoms with E-state index < -0.39 is 0 Å². The number of nitriles is 1. The average Bonchev–Trinajstić information content (AvgIpc) is 3.25. The summed E-state index contributed by atoms with van der Waals surface area (Å²) in [6.07, 6.45) is 1.71. The summed E-state index contributed by atoms with van der Waals surface area (Å²) in [6.45, 7) is 2.18. The first-order chi connectivity index (χ1) is 13.2. The Balaban J connectivity index is 1.69. The maximum Gasteiger partial charge on any atom is 0.283 e. The predicted octanol–water partition coefficient (Wildman–Crippen LogP) is 3.72. The van der Waals surface area contributed by atoms with Crippen molar-refractivity contribution < 1.29 is 14.3 Å². The molecule has 0 aromatic heterocycles. The van der Waals surface area contributed by atoms with E-state index in [4.69, 9.17) is 14.7 Å². The molecular formula is C20H15N3O3S.